The van der Waals surface area contributed by atoms with Crippen molar-refractivity contribution in [3.05, 3.63) is 82.9 Å². The molecule has 0 saturated carbocycles. The van der Waals surface area contributed by atoms with Crippen molar-refractivity contribution in [3.8, 4) is 11.8 Å². The van der Waals surface area contributed by atoms with Gasteiger partial charge in [-0.05, 0) is 65.4 Å². The molecule has 0 bridgehead atoms. The van der Waals surface area contributed by atoms with E-state index in [1.54, 1.807) is 0 Å². The van der Waals surface area contributed by atoms with Gasteiger partial charge in [0.2, 0.25) is 0 Å². The molecule has 0 N–H and O–H groups in total. The highest BCUT2D eigenvalue weighted by Crippen LogP contribution is 2.18. The van der Waals surface area contributed by atoms with Crippen LogP contribution in [0.2, 0.25) is 0 Å². The monoisotopic (exact) mass is 340 g/mol. The normalized spacial score (nSPS) is 10.5. The molecule has 0 nitrogen and oxygen atoms in total. The van der Waals surface area contributed by atoms with Crippen molar-refractivity contribution in [2.75, 3.05) is 0 Å². The molecular formula is C26H28. The first-order chi connectivity index (χ1) is 12.8. The summed E-state index contributed by atoms with van der Waals surface area (Å²) < 4.78 is 0. The number of hydrogen-bond donors (Lipinski definition) is 0. The summed E-state index contributed by atoms with van der Waals surface area (Å²) in [6.45, 7) is 4.47. The minimum Gasteiger partial charge on any atom is -0.0654 e. The lowest BCUT2D eigenvalue weighted by Crippen LogP contribution is -1.86. The molecule has 3 aromatic carbocycles. The van der Waals surface area contributed by atoms with Crippen LogP contribution in [0.25, 0.3) is 10.8 Å². The molecule has 0 aliphatic heterocycles. The van der Waals surface area contributed by atoms with E-state index >= 15 is 0 Å². The SMILES string of the molecule is CCCCCc1ccc(C#Cc2ccc3cc(CCC)ccc3c2)cc1. The predicted octanol–water partition coefficient (Wildman–Crippen LogP) is 6.92. The fourth-order valence-electron chi connectivity index (χ4n) is 3.30. The summed E-state index contributed by atoms with van der Waals surface area (Å²) in [6.07, 6.45) is 7.36. The van der Waals surface area contributed by atoms with Crippen LogP contribution < -0.4 is 0 Å². The van der Waals surface area contributed by atoms with Crippen molar-refractivity contribution in [2.24, 2.45) is 0 Å². The Balaban J connectivity index is 1.71. The molecule has 0 radical (unpaired) electrons. The van der Waals surface area contributed by atoms with Gasteiger partial charge < -0.3 is 0 Å². The molecule has 0 fully saturated rings. The summed E-state index contributed by atoms with van der Waals surface area (Å²) in [5.41, 5.74) is 4.99. The summed E-state index contributed by atoms with van der Waals surface area (Å²) in [5, 5.41) is 2.57. The molecule has 3 rings (SSSR count). The van der Waals surface area contributed by atoms with Gasteiger partial charge in [-0.1, -0.05) is 81.3 Å². The summed E-state index contributed by atoms with van der Waals surface area (Å²) in [5.74, 6) is 6.62. The molecular weight excluding hydrogens is 312 g/mol. The molecule has 0 unspecified atom stereocenters. The highest BCUT2D eigenvalue weighted by atomic mass is 14.0. The first-order valence-corrected chi connectivity index (χ1v) is 9.92. The number of unbranched alkanes of at least 4 members (excludes halogenated alkanes) is 2. The lowest BCUT2D eigenvalue weighted by molar-refractivity contribution is 0.717. The number of hydrogen-bond acceptors (Lipinski definition) is 0. The summed E-state index contributed by atoms with van der Waals surface area (Å²) >= 11 is 0. The van der Waals surface area contributed by atoms with Crippen molar-refractivity contribution >= 4 is 10.8 Å². The average molecular weight is 341 g/mol. The minimum atomic E-state index is 1.08. The molecule has 0 aromatic heterocycles. The second kappa shape index (κ2) is 9.25. The topological polar surface area (TPSA) is 0 Å². The van der Waals surface area contributed by atoms with Crippen LogP contribution >= 0.6 is 0 Å². The Labute approximate surface area is 158 Å². The van der Waals surface area contributed by atoms with Crippen LogP contribution in [0.15, 0.2) is 60.7 Å². The van der Waals surface area contributed by atoms with E-state index in [0.29, 0.717) is 0 Å². The van der Waals surface area contributed by atoms with Crippen molar-refractivity contribution < 1.29 is 0 Å². The fourth-order valence-corrected chi connectivity index (χ4v) is 3.30. The average Bonchev–Trinajstić information content (AvgIpc) is 2.68. The zero-order chi connectivity index (χ0) is 18.2. The maximum absolute atomic E-state index is 3.31. The Kier molecular flexibility index (Phi) is 6.50. The molecule has 0 heteroatoms. The van der Waals surface area contributed by atoms with Gasteiger partial charge in [0, 0.05) is 11.1 Å². The van der Waals surface area contributed by atoms with Crippen molar-refractivity contribution in [3.63, 3.8) is 0 Å². The van der Waals surface area contributed by atoms with E-state index in [9.17, 15) is 0 Å². The highest BCUT2D eigenvalue weighted by molar-refractivity contribution is 5.84. The molecule has 26 heavy (non-hydrogen) atoms. The van der Waals surface area contributed by atoms with Crippen LogP contribution in [0.3, 0.4) is 0 Å². The Morgan fingerprint density at radius 1 is 0.577 bits per heavy atom. The van der Waals surface area contributed by atoms with Crippen LogP contribution in [-0.2, 0) is 12.8 Å². The van der Waals surface area contributed by atoms with Gasteiger partial charge in [-0.2, -0.15) is 0 Å². The van der Waals surface area contributed by atoms with Crippen LogP contribution in [-0.4, -0.2) is 0 Å². The van der Waals surface area contributed by atoms with E-state index in [2.05, 4.69) is 86.4 Å². The first-order valence-electron chi connectivity index (χ1n) is 9.92. The number of rotatable bonds is 6. The minimum absolute atomic E-state index is 1.08. The van der Waals surface area contributed by atoms with Crippen LogP contribution in [0.5, 0.6) is 0 Å². The lowest BCUT2D eigenvalue weighted by atomic mass is 10.0. The van der Waals surface area contributed by atoms with Gasteiger partial charge in [0.15, 0.2) is 0 Å². The summed E-state index contributed by atoms with van der Waals surface area (Å²) in [7, 11) is 0. The van der Waals surface area contributed by atoms with Crippen LogP contribution in [0.1, 0.15) is 61.8 Å². The van der Waals surface area contributed by atoms with Gasteiger partial charge >= 0.3 is 0 Å². The van der Waals surface area contributed by atoms with Crippen molar-refractivity contribution in [1.29, 1.82) is 0 Å². The van der Waals surface area contributed by atoms with E-state index in [-0.39, 0.29) is 0 Å². The highest BCUT2D eigenvalue weighted by Gasteiger charge is 1.98. The second-order valence-electron chi connectivity index (χ2n) is 7.05. The molecule has 0 aliphatic rings. The van der Waals surface area contributed by atoms with Gasteiger partial charge in [0.25, 0.3) is 0 Å². The first kappa shape index (κ1) is 18.3. The standard InChI is InChI=1S/C26H28/c1-3-5-6-8-21-9-11-22(12-10-21)13-14-24-16-18-25-19-23(7-4-2)15-17-26(25)20-24/h9-12,15-20H,3-8H2,1-2H3. The third-order valence-electron chi connectivity index (χ3n) is 4.82. The molecule has 0 spiro atoms. The largest absolute Gasteiger partial charge is 0.0654 e. The zero-order valence-corrected chi connectivity index (χ0v) is 16.0. The van der Waals surface area contributed by atoms with Gasteiger partial charge in [-0.3, -0.25) is 0 Å². The van der Waals surface area contributed by atoms with E-state index in [0.717, 1.165) is 17.5 Å². The maximum atomic E-state index is 3.31. The van der Waals surface area contributed by atoms with E-state index in [1.807, 2.05) is 0 Å². The quantitative estimate of drug-likeness (QED) is 0.337. The molecule has 0 amide bonds. The molecule has 0 saturated heterocycles. The van der Waals surface area contributed by atoms with Crippen molar-refractivity contribution in [1.82, 2.24) is 0 Å². The molecule has 0 heterocycles. The van der Waals surface area contributed by atoms with E-state index in [4.69, 9.17) is 0 Å². The number of benzene rings is 3. The van der Waals surface area contributed by atoms with Crippen LogP contribution in [0.4, 0.5) is 0 Å². The Morgan fingerprint density at radius 2 is 1.23 bits per heavy atom. The lowest BCUT2D eigenvalue weighted by Gasteiger charge is -2.03. The summed E-state index contributed by atoms with van der Waals surface area (Å²) in [6, 6.07) is 22.0. The summed E-state index contributed by atoms with van der Waals surface area (Å²) in [4.78, 5) is 0. The van der Waals surface area contributed by atoms with Gasteiger partial charge in [0.05, 0.1) is 0 Å². The molecule has 132 valence electrons. The van der Waals surface area contributed by atoms with Gasteiger partial charge in [0.1, 0.15) is 0 Å². The van der Waals surface area contributed by atoms with E-state index < -0.39 is 0 Å². The number of aryl methyl sites for hydroxylation is 2. The van der Waals surface area contributed by atoms with Gasteiger partial charge in [-0.15, -0.1) is 0 Å². The third-order valence-corrected chi connectivity index (χ3v) is 4.82. The van der Waals surface area contributed by atoms with E-state index in [1.165, 1.54) is 54.0 Å². The second-order valence-corrected chi connectivity index (χ2v) is 7.05. The predicted molar refractivity (Wildman–Crippen MR) is 114 cm³/mol. The zero-order valence-electron chi connectivity index (χ0n) is 16.0. The third kappa shape index (κ3) is 4.99. The van der Waals surface area contributed by atoms with Gasteiger partial charge in [-0.25, -0.2) is 0 Å². The molecule has 0 atom stereocenters. The molecule has 3 aromatic rings. The number of fused-ring (bicyclic) bond motifs is 1. The Hall–Kier alpha value is -2.52. The smallest absolute Gasteiger partial charge is 0.0255 e. The van der Waals surface area contributed by atoms with Crippen molar-refractivity contribution in [2.45, 2.75) is 52.4 Å². The fraction of sp³-hybridized carbons (Fsp3) is 0.308. The maximum Gasteiger partial charge on any atom is 0.0255 e. The molecule has 0 aliphatic carbocycles. The van der Waals surface area contributed by atoms with Crippen LogP contribution in [0, 0.1) is 11.8 Å². The Morgan fingerprint density at radius 3 is 2.00 bits per heavy atom. The Bertz CT molecular complexity index is 904.